The van der Waals surface area contributed by atoms with Crippen LogP contribution in [0.15, 0.2) is 0 Å². The molecule has 0 unspecified atom stereocenters. The van der Waals surface area contributed by atoms with Gasteiger partial charge >= 0.3 is 5.97 Å². The molecule has 0 aromatic carbocycles. The molecule has 0 aliphatic carbocycles. The molecule has 0 spiro atoms. The molecule has 0 N–H and O–H groups in total. The van der Waals surface area contributed by atoms with E-state index in [1.165, 1.54) is 70.2 Å². The third-order valence-electron chi connectivity index (χ3n) is 4.57. The lowest BCUT2D eigenvalue weighted by atomic mass is 9.89. The fraction of sp³-hybridized carbons (Fsp3) is 0.909. The second-order valence-electron chi connectivity index (χ2n) is 8.50. The molecule has 154 valence electrons. The summed E-state index contributed by atoms with van der Waals surface area (Å²) in [5, 5.41) is 0.373. The fourth-order valence-electron chi connectivity index (χ4n) is 2.89. The highest BCUT2D eigenvalue weighted by molar-refractivity contribution is 8.13. The molecule has 0 saturated carbocycles. The lowest BCUT2D eigenvalue weighted by molar-refractivity contribution is -0.140. The maximum Gasteiger partial charge on any atom is 0.305 e. The number of esters is 1. The van der Waals surface area contributed by atoms with Crippen molar-refractivity contribution in [2.45, 2.75) is 111 Å². The molecule has 0 bridgehead atoms. The van der Waals surface area contributed by atoms with Gasteiger partial charge in [-0.3, -0.25) is 9.59 Å². The molecule has 0 aromatic rings. The summed E-state index contributed by atoms with van der Waals surface area (Å²) in [7, 11) is 1.44. The van der Waals surface area contributed by atoms with E-state index >= 15 is 0 Å². The van der Waals surface area contributed by atoms with Crippen LogP contribution < -0.4 is 0 Å². The van der Waals surface area contributed by atoms with E-state index in [2.05, 4.69) is 25.5 Å². The third-order valence-corrected chi connectivity index (χ3v) is 5.59. The SMILES string of the molecule is COC(=O)CCCCCCCCSC(=O)CCCCCCCC(C)(C)C. The molecular formula is C22H42O3S. The molecule has 0 radical (unpaired) electrons. The summed E-state index contributed by atoms with van der Waals surface area (Å²) >= 11 is 1.52. The number of carbonyl (C=O) groups is 2. The van der Waals surface area contributed by atoms with Crippen LogP contribution in [0.1, 0.15) is 111 Å². The second kappa shape index (κ2) is 16.6. The molecule has 0 aliphatic rings. The van der Waals surface area contributed by atoms with E-state index in [9.17, 15) is 9.59 Å². The number of carbonyl (C=O) groups excluding carboxylic acids is 2. The average Bonchev–Trinajstić information content (AvgIpc) is 2.58. The second-order valence-corrected chi connectivity index (χ2v) is 9.65. The van der Waals surface area contributed by atoms with Crippen LogP contribution >= 0.6 is 11.8 Å². The first kappa shape index (κ1) is 25.5. The largest absolute Gasteiger partial charge is 0.469 e. The predicted molar refractivity (Wildman–Crippen MR) is 114 cm³/mol. The Hall–Kier alpha value is -0.510. The normalized spacial score (nSPS) is 11.5. The first-order valence-corrected chi connectivity index (χ1v) is 11.6. The summed E-state index contributed by atoms with van der Waals surface area (Å²) in [6.07, 6.45) is 15.4. The van der Waals surface area contributed by atoms with Gasteiger partial charge in [0.25, 0.3) is 0 Å². The average molecular weight is 387 g/mol. The Morgan fingerprint density at radius 1 is 0.731 bits per heavy atom. The standard InChI is InChI=1S/C22H42O3S/c1-22(2,3)18-14-10-7-9-13-17-21(24)26-19-15-11-6-5-8-12-16-20(23)25-4/h5-19H2,1-4H3. The summed E-state index contributed by atoms with van der Waals surface area (Å²) in [6, 6.07) is 0. The quantitative estimate of drug-likeness (QED) is 0.213. The van der Waals surface area contributed by atoms with E-state index in [0.29, 0.717) is 17.0 Å². The van der Waals surface area contributed by atoms with Gasteiger partial charge in [0.2, 0.25) is 0 Å². The highest BCUT2D eigenvalue weighted by atomic mass is 32.2. The summed E-state index contributed by atoms with van der Waals surface area (Å²) in [4.78, 5) is 22.8. The molecule has 4 heteroatoms. The molecule has 0 amide bonds. The molecule has 26 heavy (non-hydrogen) atoms. The number of hydrogen-bond acceptors (Lipinski definition) is 4. The zero-order valence-electron chi connectivity index (χ0n) is 17.7. The Balaban J connectivity index is 3.26. The van der Waals surface area contributed by atoms with Gasteiger partial charge in [-0.15, -0.1) is 0 Å². The molecule has 3 nitrogen and oxygen atoms in total. The minimum Gasteiger partial charge on any atom is -0.469 e. The Morgan fingerprint density at radius 2 is 1.23 bits per heavy atom. The monoisotopic (exact) mass is 386 g/mol. The van der Waals surface area contributed by atoms with E-state index in [0.717, 1.165) is 37.9 Å². The van der Waals surface area contributed by atoms with Crippen LogP contribution in [0.5, 0.6) is 0 Å². The van der Waals surface area contributed by atoms with Crippen molar-refractivity contribution in [3.63, 3.8) is 0 Å². The van der Waals surface area contributed by atoms with Crippen LogP contribution in [0, 0.1) is 5.41 Å². The van der Waals surface area contributed by atoms with Crippen LogP contribution in [-0.2, 0) is 14.3 Å². The summed E-state index contributed by atoms with van der Waals surface area (Å²) in [6.45, 7) is 6.90. The van der Waals surface area contributed by atoms with Crippen molar-refractivity contribution in [1.82, 2.24) is 0 Å². The van der Waals surface area contributed by atoms with Gasteiger partial charge in [0.15, 0.2) is 5.12 Å². The molecule has 0 saturated heterocycles. The van der Waals surface area contributed by atoms with Gasteiger partial charge in [0, 0.05) is 18.6 Å². The van der Waals surface area contributed by atoms with Gasteiger partial charge in [0.05, 0.1) is 7.11 Å². The van der Waals surface area contributed by atoms with Gasteiger partial charge in [-0.1, -0.05) is 83.9 Å². The van der Waals surface area contributed by atoms with Gasteiger partial charge < -0.3 is 4.74 Å². The molecule has 0 fully saturated rings. The number of thioether (sulfide) groups is 1. The van der Waals surface area contributed by atoms with E-state index in [1.54, 1.807) is 0 Å². The molecular weight excluding hydrogens is 344 g/mol. The van der Waals surface area contributed by atoms with E-state index in [-0.39, 0.29) is 5.97 Å². The summed E-state index contributed by atoms with van der Waals surface area (Å²) in [5.74, 6) is 0.858. The van der Waals surface area contributed by atoms with Crippen LogP contribution in [-0.4, -0.2) is 23.9 Å². The van der Waals surface area contributed by atoms with Gasteiger partial charge in [-0.2, -0.15) is 0 Å². The Morgan fingerprint density at radius 3 is 1.81 bits per heavy atom. The summed E-state index contributed by atoms with van der Waals surface area (Å²) < 4.78 is 4.62. The number of unbranched alkanes of at least 4 members (excludes halogenated alkanes) is 9. The fourth-order valence-corrected chi connectivity index (χ4v) is 3.76. The topological polar surface area (TPSA) is 43.4 Å². The smallest absolute Gasteiger partial charge is 0.305 e. The Bertz CT molecular complexity index is 361. The van der Waals surface area contributed by atoms with Crippen molar-refractivity contribution in [1.29, 1.82) is 0 Å². The Labute approximate surface area is 166 Å². The number of hydrogen-bond donors (Lipinski definition) is 0. The number of ether oxygens (including phenoxy) is 1. The molecule has 0 rings (SSSR count). The maximum atomic E-state index is 11.8. The Kier molecular flexibility index (Phi) is 16.3. The summed E-state index contributed by atoms with van der Waals surface area (Å²) in [5.41, 5.74) is 0.454. The lowest BCUT2D eigenvalue weighted by Gasteiger charge is -2.17. The highest BCUT2D eigenvalue weighted by Crippen LogP contribution is 2.22. The molecule has 0 atom stereocenters. The highest BCUT2D eigenvalue weighted by Gasteiger charge is 2.09. The number of methoxy groups -OCH3 is 1. The van der Waals surface area contributed by atoms with Gasteiger partial charge in [-0.05, 0) is 31.1 Å². The third kappa shape index (κ3) is 19.8. The van der Waals surface area contributed by atoms with Crippen LogP contribution in [0.4, 0.5) is 0 Å². The lowest BCUT2D eigenvalue weighted by Crippen LogP contribution is -2.03. The van der Waals surface area contributed by atoms with Gasteiger partial charge in [-0.25, -0.2) is 0 Å². The van der Waals surface area contributed by atoms with Crippen molar-refractivity contribution in [2.24, 2.45) is 5.41 Å². The predicted octanol–water partition coefficient (Wildman–Crippen LogP) is 6.93. The van der Waals surface area contributed by atoms with Crippen molar-refractivity contribution < 1.29 is 14.3 Å². The van der Waals surface area contributed by atoms with Crippen molar-refractivity contribution in [3.8, 4) is 0 Å². The first-order chi connectivity index (χ1) is 12.3. The van der Waals surface area contributed by atoms with Crippen LogP contribution in [0.2, 0.25) is 0 Å². The van der Waals surface area contributed by atoms with Gasteiger partial charge in [0.1, 0.15) is 0 Å². The molecule has 0 aliphatic heterocycles. The minimum absolute atomic E-state index is 0.107. The number of rotatable bonds is 16. The van der Waals surface area contributed by atoms with E-state index in [1.807, 2.05) is 0 Å². The van der Waals surface area contributed by atoms with Crippen LogP contribution in [0.3, 0.4) is 0 Å². The van der Waals surface area contributed by atoms with Crippen LogP contribution in [0.25, 0.3) is 0 Å². The van der Waals surface area contributed by atoms with Crippen molar-refractivity contribution in [3.05, 3.63) is 0 Å². The zero-order valence-corrected chi connectivity index (χ0v) is 18.6. The van der Waals surface area contributed by atoms with E-state index < -0.39 is 0 Å². The van der Waals surface area contributed by atoms with Crippen molar-refractivity contribution in [2.75, 3.05) is 12.9 Å². The van der Waals surface area contributed by atoms with Crippen molar-refractivity contribution >= 4 is 22.8 Å². The van der Waals surface area contributed by atoms with E-state index in [4.69, 9.17) is 0 Å². The molecule has 0 aromatic heterocycles. The zero-order chi connectivity index (χ0) is 19.7. The minimum atomic E-state index is -0.107. The maximum absolute atomic E-state index is 11.8. The first-order valence-electron chi connectivity index (χ1n) is 10.6. The molecule has 0 heterocycles.